The monoisotopic (exact) mass is 661 g/mol. The van der Waals surface area contributed by atoms with Gasteiger partial charge >= 0.3 is 6.09 Å². The number of aliphatic hydroxyl groups is 1. The number of carbonyl (C=O) groups is 2. The molecular weight excluding hydrogens is 617 g/mol. The van der Waals surface area contributed by atoms with E-state index in [2.05, 4.69) is 10.6 Å². The first-order chi connectivity index (χ1) is 22.6. The third-order valence-corrected chi connectivity index (χ3v) is 10.4. The van der Waals surface area contributed by atoms with E-state index < -0.39 is 22.6 Å². The van der Waals surface area contributed by atoms with Crippen LogP contribution in [0.3, 0.4) is 0 Å². The van der Waals surface area contributed by atoms with Crippen molar-refractivity contribution in [3.05, 3.63) is 75.5 Å². The molecule has 0 saturated heterocycles. The number of carboxylic acid groups (broad SMARTS) is 1. The Morgan fingerprint density at radius 1 is 0.979 bits per heavy atom. The second-order valence-corrected chi connectivity index (χ2v) is 14.7. The summed E-state index contributed by atoms with van der Waals surface area (Å²) in [4.78, 5) is 37.3. The number of nitrogens with zero attached hydrogens (tertiary/aromatic N) is 1. The number of aryl methyl sites for hydroxylation is 3. The summed E-state index contributed by atoms with van der Waals surface area (Å²) < 4.78 is 28.5. The summed E-state index contributed by atoms with van der Waals surface area (Å²) in [6.45, 7) is 6.94. The first-order valence-electron chi connectivity index (χ1n) is 16.6. The summed E-state index contributed by atoms with van der Waals surface area (Å²) in [5, 5.41) is 25.9. The van der Waals surface area contributed by atoms with Crippen molar-refractivity contribution >= 4 is 12.0 Å². The molecule has 2 aromatic carbocycles. The molecule has 48 heavy (non-hydrogen) atoms. The lowest BCUT2D eigenvalue weighted by Gasteiger charge is -2.46. The van der Waals surface area contributed by atoms with Gasteiger partial charge in [-0.05, 0) is 120 Å². The highest BCUT2D eigenvalue weighted by Crippen LogP contribution is 2.61. The molecule has 7 rings (SSSR count). The Labute approximate surface area is 279 Å². The Morgan fingerprint density at radius 2 is 1.65 bits per heavy atom. The zero-order chi connectivity index (χ0) is 34.6. The smallest absolute Gasteiger partial charge is 0.405 e. The molecule has 4 N–H and O–H groups in total. The summed E-state index contributed by atoms with van der Waals surface area (Å²) >= 11 is 0. The molecule has 4 saturated carbocycles. The number of ether oxygens (including phenoxy) is 2. The second kappa shape index (κ2) is 12.3. The summed E-state index contributed by atoms with van der Waals surface area (Å²) in [7, 11) is 1.66. The van der Waals surface area contributed by atoms with Crippen LogP contribution in [0.4, 0.5) is 9.18 Å². The number of pyridine rings is 1. The van der Waals surface area contributed by atoms with Gasteiger partial charge in [0.1, 0.15) is 23.1 Å². The maximum absolute atomic E-state index is 14.1. The highest BCUT2D eigenvalue weighted by atomic mass is 19.1. The van der Waals surface area contributed by atoms with Crippen molar-refractivity contribution in [2.75, 3.05) is 0 Å². The van der Waals surface area contributed by atoms with Crippen LogP contribution >= 0.6 is 0 Å². The van der Waals surface area contributed by atoms with E-state index >= 15 is 0 Å². The number of aromatic nitrogens is 1. The minimum absolute atomic E-state index is 0.00636. The van der Waals surface area contributed by atoms with E-state index in [4.69, 9.17) is 14.6 Å². The Balaban J connectivity index is 1.21. The fraction of sp³-hybridized carbons (Fsp3) is 0.486. The van der Waals surface area contributed by atoms with Gasteiger partial charge in [0, 0.05) is 42.0 Å². The lowest BCUT2D eigenvalue weighted by atomic mass is 9.64. The molecule has 4 fully saturated rings. The molecule has 0 aliphatic heterocycles. The predicted octanol–water partition coefficient (Wildman–Crippen LogP) is 6.21. The molecule has 0 unspecified atom stereocenters. The number of nitrogens with one attached hydrogen (secondary N) is 2. The number of carbonyl (C=O) groups excluding carboxylic acids is 1. The lowest BCUT2D eigenvalue weighted by Crippen LogP contribution is -2.60. The van der Waals surface area contributed by atoms with E-state index in [1.54, 1.807) is 53.1 Å². The SMILES string of the molecule is Cc1cc(F)cc(C)c1Oc1ccc(C(C)(C)O)cc1-c1cn(C)c(=O)cc1O[C@H]1CC[C@H](NC(=O)C23CCC(NC(=O)O)(C2)C3)CC1. The van der Waals surface area contributed by atoms with Crippen LogP contribution in [0.25, 0.3) is 11.1 Å². The van der Waals surface area contributed by atoms with E-state index in [0.717, 1.165) is 0 Å². The summed E-state index contributed by atoms with van der Waals surface area (Å²) in [5.74, 6) is 1.02. The minimum atomic E-state index is -1.16. The largest absolute Gasteiger partial charge is 0.490 e. The molecular formula is C37H44FN3O7. The van der Waals surface area contributed by atoms with Crippen molar-refractivity contribution in [1.29, 1.82) is 0 Å². The maximum Gasteiger partial charge on any atom is 0.405 e. The van der Waals surface area contributed by atoms with Crippen molar-refractivity contribution in [1.82, 2.24) is 15.2 Å². The van der Waals surface area contributed by atoms with Gasteiger partial charge in [-0.1, -0.05) is 6.07 Å². The predicted molar refractivity (Wildman–Crippen MR) is 178 cm³/mol. The highest BCUT2D eigenvalue weighted by molar-refractivity contribution is 5.86. The quantitative estimate of drug-likeness (QED) is 0.214. The number of rotatable bonds is 9. The van der Waals surface area contributed by atoms with E-state index in [1.807, 2.05) is 6.07 Å². The molecule has 2 bridgehead atoms. The highest BCUT2D eigenvalue weighted by Gasteiger charge is 2.65. The molecule has 3 aromatic rings. The van der Waals surface area contributed by atoms with E-state index in [9.17, 15) is 23.9 Å². The average molecular weight is 662 g/mol. The van der Waals surface area contributed by atoms with Gasteiger partial charge in [0.25, 0.3) is 5.56 Å². The molecule has 0 spiro atoms. The first kappa shape index (κ1) is 33.5. The molecule has 10 nitrogen and oxygen atoms in total. The second-order valence-electron chi connectivity index (χ2n) is 14.7. The molecule has 256 valence electrons. The van der Waals surface area contributed by atoms with Gasteiger partial charge in [0.05, 0.1) is 17.1 Å². The van der Waals surface area contributed by atoms with Crippen LogP contribution in [0.2, 0.25) is 0 Å². The average Bonchev–Trinajstić information content (AvgIpc) is 3.54. The number of benzene rings is 2. The molecule has 11 heteroatoms. The first-order valence-corrected chi connectivity index (χ1v) is 16.6. The molecule has 4 aliphatic carbocycles. The van der Waals surface area contributed by atoms with Crippen LogP contribution in [0, 0.1) is 25.1 Å². The Bertz CT molecular complexity index is 1790. The number of halogens is 1. The molecule has 1 heterocycles. The molecule has 1 aromatic heterocycles. The van der Waals surface area contributed by atoms with Gasteiger partial charge in [0.15, 0.2) is 0 Å². The number of amides is 2. The number of hydrogen-bond acceptors (Lipinski definition) is 6. The molecule has 0 radical (unpaired) electrons. The van der Waals surface area contributed by atoms with Crippen LogP contribution in [-0.2, 0) is 17.4 Å². The normalized spacial score (nSPS) is 24.8. The zero-order valence-corrected chi connectivity index (χ0v) is 28.1. The Morgan fingerprint density at radius 3 is 2.27 bits per heavy atom. The molecule has 2 amide bonds. The van der Waals surface area contributed by atoms with Crippen LogP contribution in [0.15, 0.2) is 47.4 Å². The zero-order valence-electron chi connectivity index (χ0n) is 28.1. The van der Waals surface area contributed by atoms with Crippen LogP contribution in [-0.4, -0.2) is 44.5 Å². The van der Waals surface area contributed by atoms with Crippen molar-refractivity contribution < 1.29 is 33.7 Å². The fourth-order valence-electron chi connectivity index (χ4n) is 7.86. The van der Waals surface area contributed by atoms with Gasteiger partial charge in [-0.25, -0.2) is 9.18 Å². The van der Waals surface area contributed by atoms with E-state index in [1.165, 1.54) is 22.8 Å². The van der Waals surface area contributed by atoms with Crippen LogP contribution in [0.1, 0.15) is 81.9 Å². The van der Waals surface area contributed by atoms with Crippen molar-refractivity contribution in [3.8, 4) is 28.4 Å². The third kappa shape index (κ3) is 6.52. The third-order valence-electron chi connectivity index (χ3n) is 10.4. The summed E-state index contributed by atoms with van der Waals surface area (Å²) in [6.07, 6.45) is 5.65. The fourth-order valence-corrected chi connectivity index (χ4v) is 7.86. The number of fused-ring (bicyclic) bond motifs is 1. The van der Waals surface area contributed by atoms with E-state index in [0.29, 0.717) is 96.4 Å². The van der Waals surface area contributed by atoms with Crippen molar-refractivity contribution in [3.63, 3.8) is 0 Å². The van der Waals surface area contributed by atoms with Crippen molar-refractivity contribution in [2.45, 2.75) is 102 Å². The van der Waals surface area contributed by atoms with Crippen molar-refractivity contribution in [2.24, 2.45) is 12.5 Å². The summed E-state index contributed by atoms with van der Waals surface area (Å²) in [6, 6.07) is 9.65. The summed E-state index contributed by atoms with van der Waals surface area (Å²) in [5.41, 5.74) is 0.751. The topological polar surface area (TPSA) is 139 Å². The molecule has 4 aliphatic rings. The Hall–Kier alpha value is -4.38. The van der Waals surface area contributed by atoms with E-state index in [-0.39, 0.29) is 29.4 Å². The molecule has 0 atom stereocenters. The van der Waals surface area contributed by atoms with Gasteiger partial charge in [-0.2, -0.15) is 0 Å². The number of hydrogen-bond donors (Lipinski definition) is 4. The lowest BCUT2D eigenvalue weighted by molar-refractivity contribution is -0.137. The standard InChI is InChI=1S/C37H44FN3O7/c1-21-14-24(38)15-22(2)32(21)48-29-11-6-23(35(3,4)46)16-27(29)28-18-41(5)31(42)17-30(28)47-26-9-7-25(8-10-26)39-33(43)36-12-13-37(19-36,20-36)40-34(44)45/h6,11,14-18,25-26,40,46H,7-10,12-13,19-20H2,1-5H3,(H,39,43)(H,44,45)/t25-,26-,36?,37?. The van der Waals surface area contributed by atoms with Gasteiger partial charge in [0.2, 0.25) is 5.91 Å². The Kier molecular flexibility index (Phi) is 8.56. The van der Waals surface area contributed by atoms with Gasteiger partial charge in [-0.3, -0.25) is 9.59 Å². The van der Waals surface area contributed by atoms with Gasteiger partial charge < -0.3 is 34.9 Å². The van der Waals surface area contributed by atoms with Crippen LogP contribution < -0.4 is 25.7 Å². The van der Waals surface area contributed by atoms with Gasteiger partial charge in [-0.15, -0.1) is 0 Å². The maximum atomic E-state index is 14.1. The van der Waals surface area contributed by atoms with Crippen LogP contribution in [0.5, 0.6) is 17.2 Å². The minimum Gasteiger partial charge on any atom is -0.490 e.